The van der Waals surface area contributed by atoms with Crippen molar-refractivity contribution in [3.63, 3.8) is 0 Å². The number of aromatic nitrogens is 1. The van der Waals surface area contributed by atoms with Gasteiger partial charge in [0.25, 0.3) is 0 Å². The van der Waals surface area contributed by atoms with E-state index in [0.717, 1.165) is 12.3 Å². The molecule has 1 aromatic heterocycles. The van der Waals surface area contributed by atoms with Crippen molar-refractivity contribution >= 4 is 5.97 Å². The summed E-state index contributed by atoms with van der Waals surface area (Å²) in [7, 11) is 0. The van der Waals surface area contributed by atoms with Gasteiger partial charge in [-0.3, -0.25) is 4.98 Å². The van der Waals surface area contributed by atoms with Crippen LogP contribution in [0.4, 0.5) is 4.53 Å². The highest BCUT2D eigenvalue weighted by Crippen LogP contribution is 2.14. The lowest BCUT2D eigenvalue weighted by molar-refractivity contribution is -0.0790. The molecule has 0 aliphatic carbocycles. The van der Waals surface area contributed by atoms with Gasteiger partial charge in [0.1, 0.15) is 11.3 Å². The summed E-state index contributed by atoms with van der Waals surface area (Å²) in [6.45, 7) is 0. The number of pyridine rings is 1. The van der Waals surface area contributed by atoms with E-state index in [1.165, 1.54) is 6.20 Å². The van der Waals surface area contributed by atoms with E-state index in [9.17, 15) is 9.32 Å². The Morgan fingerprint density at radius 2 is 2.45 bits per heavy atom. The number of carbonyl (C=O) groups excluding carboxylic acids is 1. The molecular weight excluding hydrogens is 153 g/mol. The maximum absolute atomic E-state index is 11.3. The van der Waals surface area contributed by atoms with Gasteiger partial charge in [0.05, 0.1) is 6.20 Å². The molecule has 0 saturated heterocycles. The summed E-state index contributed by atoms with van der Waals surface area (Å²) in [5.74, 6) is -1.64. The SMILES string of the molecule is O=C(OF)c1ccncc1O. The third kappa shape index (κ3) is 1.43. The Balaban J connectivity index is 3.03. The number of carbonyl (C=O) groups is 1. The van der Waals surface area contributed by atoms with E-state index in [2.05, 4.69) is 9.93 Å². The first-order valence-corrected chi connectivity index (χ1v) is 2.71. The van der Waals surface area contributed by atoms with Gasteiger partial charge in [0.15, 0.2) is 0 Å². The first-order valence-electron chi connectivity index (χ1n) is 2.71. The van der Waals surface area contributed by atoms with Crippen LogP contribution in [0.1, 0.15) is 10.4 Å². The first-order chi connectivity index (χ1) is 5.25. The van der Waals surface area contributed by atoms with Gasteiger partial charge in [-0.2, -0.15) is 0 Å². The molecular formula is C6H4FNO3. The number of nitrogens with zero attached hydrogens (tertiary/aromatic N) is 1. The van der Waals surface area contributed by atoms with E-state index in [0.29, 0.717) is 0 Å². The van der Waals surface area contributed by atoms with Gasteiger partial charge in [-0.05, 0) is 6.07 Å². The van der Waals surface area contributed by atoms with Gasteiger partial charge in [-0.1, -0.05) is 0 Å². The zero-order valence-corrected chi connectivity index (χ0v) is 5.32. The topological polar surface area (TPSA) is 59.4 Å². The van der Waals surface area contributed by atoms with Crippen molar-refractivity contribution in [3.05, 3.63) is 24.0 Å². The second-order valence-electron chi connectivity index (χ2n) is 1.76. The number of aromatic hydroxyl groups is 1. The highest BCUT2D eigenvalue weighted by Gasteiger charge is 2.11. The summed E-state index contributed by atoms with van der Waals surface area (Å²) in [5, 5.41) is 8.88. The molecule has 0 fully saturated rings. The minimum absolute atomic E-state index is 0.248. The van der Waals surface area contributed by atoms with Crippen LogP contribution in [0.25, 0.3) is 0 Å². The third-order valence-corrected chi connectivity index (χ3v) is 1.09. The molecule has 0 aromatic carbocycles. The largest absolute Gasteiger partial charge is 0.505 e. The highest BCUT2D eigenvalue weighted by atomic mass is 19.3. The monoisotopic (exact) mass is 157 g/mol. The molecule has 1 aromatic rings. The van der Waals surface area contributed by atoms with E-state index < -0.39 is 11.7 Å². The van der Waals surface area contributed by atoms with Crippen molar-refractivity contribution in [2.75, 3.05) is 0 Å². The van der Waals surface area contributed by atoms with Crippen molar-refractivity contribution in [2.45, 2.75) is 0 Å². The van der Waals surface area contributed by atoms with Crippen molar-refractivity contribution < 1.29 is 19.4 Å². The lowest BCUT2D eigenvalue weighted by atomic mass is 10.2. The van der Waals surface area contributed by atoms with Crippen LogP contribution < -0.4 is 0 Å². The maximum atomic E-state index is 11.3. The summed E-state index contributed by atoms with van der Waals surface area (Å²) in [4.78, 5) is 16.8. The molecule has 0 radical (unpaired) electrons. The zero-order chi connectivity index (χ0) is 8.27. The molecule has 11 heavy (non-hydrogen) atoms. The second-order valence-corrected chi connectivity index (χ2v) is 1.76. The summed E-state index contributed by atoms with van der Waals surface area (Å²) < 4.78 is 11.3. The molecule has 1 rings (SSSR count). The minimum Gasteiger partial charge on any atom is -0.505 e. The van der Waals surface area contributed by atoms with Gasteiger partial charge in [0.2, 0.25) is 0 Å². The van der Waals surface area contributed by atoms with Crippen molar-refractivity contribution in [1.29, 1.82) is 0 Å². The van der Waals surface area contributed by atoms with Crippen LogP contribution in [0.2, 0.25) is 0 Å². The van der Waals surface area contributed by atoms with Crippen LogP contribution in [0.3, 0.4) is 0 Å². The van der Waals surface area contributed by atoms with Crippen LogP contribution in [-0.4, -0.2) is 16.1 Å². The van der Waals surface area contributed by atoms with Gasteiger partial charge >= 0.3 is 5.97 Å². The average Bonchev–Trinajstić information content (AvgIpc) is 2.04. The van der Waals surface area contributed by atoms with E-state index >= 15 is 0 Å². The molecule has 0 bridgehead atoms. The highest BCUT2D eigenvalue weighted by molar-refractivity contribution is 5.91. The molecule has 0 aliphatic rings. The summed E-state index contributed by atoms with van der Waals surface area (Å²) in [5.41, 5.74) is -0.248. The number of rotatable bonds is 1. The molecule has 58 valence electrons. The minimum atomic E-state index is -1.23. The summed E-state index contributed by atoms with van der Waals surface area (Å²) in [6, 6.07) is 1.15. The van der Waals surface area contributed by atoms with E-state index in [-0.39, 0.29) is 5.56 Å². The van der Waals surface area contributed by atoms with E-state index in [1.807, 2.05) is 0 Å². The van der Waals surface area contributed by atoms with Gasteiger partial charge in [-0.25, -0.2) is 9.74 Å². The number of halogens is 1. The lowest BCUT2D eigenvalue weighted by Gasteiger charge is -1.95. The Labute approximate surface area is 61.2 Å². The van der Waals surface area contributed by atoms with Crippen LogP contribution >= 0.6 is 0 Å². The first kappa shape index (κ1) is 7.46. The fraction of sp³-hybridized carbons (Fsp3) is 0. The predicted molar refractivity (Wildman–Crippen MR) is 32.4 cm³/mol. The summed E-state index contributed by atoms with van der Waals surface area (Å²) in [6.07, 6.45) is 2.26. The van der Waals surface area contributed by atoms with Gasteiger partial charge in [0, 0.05) is 10.7 Å². The molecule has 1 N–H and O–H groups in total. The third-order valence-electron chi connectivity index (χ3n) is 1.09. The Bertz CT molecular complexity index is 276. The van der Waals surface area contributed by atoms with Crippen LogP contribution in [-0.2, 0) is 4.94 Å². The Hall–Kier alpha value is -1.65. The molecule has 0 unspecified atom stereocenters. The Morgan fingerprint density at radius 3 is 3.00 bits per heavy atom. The lowest BCUT2D eigenvalue weighted by Crippen LogP contribution is -1.98. The Kier molecular flexibility index (Phi) is 2.00. The molecule has 0 atom stereocenters. The zero-order valence-electron chi connectivity index (χ0n) is 5.32. The van der Waals surface area contributed by atoms with Gasteiger partial charge < -0.3 is 5.11 Å². The Morgan fingerprint density at radius 1 is 1.73 bits per heavy atom. The fourth-order valence-electron chi connectivity index (χ4n) is 0.600. The second kappa shape index (κ2) is 2.96. The number of hydrogen-bond donors (Lipinski definition) is 1. The fourth-order valence-corrected chi connectivity index (χ4v) is 0.600. The number of hydrogen-bond acceptors (Lipinski definition) is 4. The smallest absolute Gasteiger partial charge is 0.383 e. The van der Waals surface area contributed by atoms with Crippen molar-refractivity contribution in [2.24, 2.45) is 0 Å². The van der Waals surface area contributed by atoms with Crippen molar-refractivity contribution in [1.82, 2.24) is 4.98 Å². The van der Waals surface area contributed by atoms with E-state index in [1.54, 1.807) is 0 Å². The summed E-state index contributed by atoms with van der Waals surface area (Å²) >= 11 is 0. The molecule has 0 spiro atoms. The molecule has 1 heterocycles. The molecule has 5 heteroatoms. The standard InChI is InChI=1S/C6H4FNO3/c7-11-6(10)4-1-2-8-3-5(4)9/h1-3,9H. The van der Waals surface area contributed by atoms with Crippen LogP contribution in [0.15, 0.2) is 18.5 Å². The maximum Gasteiger partial charge on any atom is 0.383 e. The normalized spacial score (nSPS) is 9.18. The predicted octanol–water partition coefficient (Wildman–Crippen LogP) is 0.829. The van der Waals surface area contributed by atoms with Gasteiger partial charge in [-0.15, -0.1) is 0 Å². The average molecular weight is 157 g/mol. The van der Waals surface area contributed by atoms with E-state index in [4.69, 9.17) is 5.11 Å². The molecule has 0 aliphatic heterocycles. The quantitative estimate of drug-likeness (QED) is 0.655. The van der Waals surface area contributed by atoms with Crippen LogP contribution in [0, 0.1) is 0 Å². The van der Waals surface area contributed by atoms with Crippen LogP contribution in [0.5, 0.6) is 5.75 Å². The molecule has 0 saturated carbocycles. The van der Waals surface area contributed by atoms with Crippen molar-refractivity contribution in [3.8, 4) is 5.75 Å². The molecule has 4 nitrogen and oxygen atoms in total. The molecule has 0 amide bonds.